The molecular weight excluding hydrogens is 176 g/mol. The van der Waals surface area contributed by atoms with Gasteiger partial charge in [-0.25, -0.2) is 4.98 Å². The van der Waals surface area contributed by atoms with Crippen molar-refractivity contribution in [3.63, 3.8) is 0 Å². The molecule has 1 heterocycles. The predicted molar refractivity (Wildman–Crippen MR) is 54.1 cm³/mol. The molecule has 1 aromatic carbocycles. The highest BCUT2D eigenvalue weighted by atomic mass is 16.3. The van der Waals surface area contributed by atoms with E-state index in [0.29, 0.717) is 5.75 Å². The molecule has 0 bridgehead atoms. The number of aromatic nitrogens is 2. The van der Waals surface area contributed by atoms with Crippen molar-refractivity contribution >= 4 is 0 Å². The first-order chi connectivity index (χ1) is 6.84. The normalized spacial score (nSPS) is 10.3. The molecule has 0 aliphatic rings. The van der Waals surface area contributed by atoms with Crippen molar-refractivity contribution in [3.05, 3.63) is 48.0 Å². The summed E-state index contributed by atoms with van der Waals surface area (Å²) in [6.45, 7) is 0. The van der Waals surface area contributed by atoms with Crippen molar-refractivity contribution in [1.29, 1.82) is 0 Å². The molecule has 72 valence electrons. The quantitative estimate of drug-likeness (QED) is 0.772. The number of hydrogen-bond acceptors (Lipinski definition) is 2. The second-order valence-electron chi connectivity index (χ2n) is 3.25. The van der Waals surface area contributed by atoms with Gasteiger partial charge in [-0.05, 0) is 30.5 Å². The molecule has 3 heteroatoms. The molecule has 3 nitrogen and oxygen atoms in total. The van der Waals surface area contributed by atoms with Crippen LogP contribution in [0.5, 0.6) is 5.75 Å². The average molecular weight is 188 g/mol. The molecule has 2 aromatic rings. The third kappa shape index (κ3) is 2.13. The van der Waals surface area contributed by atoms with Crippen LogP contribution < -0.4 is 0 Å². The Morgan fingerprint density at radius 2 is 2.21 bits per heavy atom. The van der Waals surface area contributed by atoms with Crippen LogP contribution in [0.4, 0.5) is 0 Å². The second-order valence-corrected chi connectivity index (χ2v) is 3.25. The third-order valence-electron chi connectivity index (χ3n) is 2.15. The van der Waals surface area contributed by atoms with Crippen molar-refractivity contribution in [1.82, 2.24) is 9.97 Å². The van der Waals surface area contributed by atoms with Gasteiger partial charge in [-0.3, -0.25) is 0 Å². The third-order valence-corrected chi connectivity index (χ3v) is 2.15. The van der Waals surface area contributed by atoms with E-state index in [-0.39, 0.29) is 0 Å². The zero-order valence-electron chi connectivity index (χ0n) is 7.77. The van der Waals surface area contributed by atoms with Gasteiger partial charge in [-0.15, -0.1) is 0 Å². The first kappa shape index (κ1) is 8.81. The zero-order chi connectivity index (χ0) is 9.80. The van der Waals surface area contributed by atoms with Crippen LogP contribution >= 0.6 is 0 Å². The zero-order valence-corrected chi connectivity index (χ0v) is 7.77. The van der Waals surface area contributed by atoms with E-state index in [1.54, 1.807) is 18.5 Å². The molecule has 0 saturated heterocycles. The lowest BCUT2D eigenvalue weighted by atomic mass is 10.1. The Hall–Kier alpha value is -1.77. The van der Waals surface area contributed by atoms with E-state index in [1.807, 2.05) is 18.3 Å². The average Bonchev–Trinajstić information content (AvgIpc) is 2.67. The molecule has 0 aliphatic heterocycles. The SMILES string of the molecule is Oc1cccc(CCc2cnc[nH]2)c1. The lowest BCUT2D eigenvalue weighted by Crippen LogP contribution is -1.90. The van der Waals surface area contributed by atoms with Crippen molar-refractivity contribution in [2.45, 2.75) is 12.8 Å². The van der Waals surface area contributed by atoms with Gasteiger partial charge >= 0.3 is 0 Å². The van der Waals surface area contributed by atoms with E-state index >= 15 is 0 Å². The Bertz CT molecular complexity index is 395. The summed E-state index contributed by atoms with van der Waals surface area (Å²) in [5, 5.41) is 9.25. The number of hydrogen-bond donors (Lipinski definition) is 2. The molecular formula is C11H12N2O. The van der Waals surface area contributed by atoms with Gasteiger partial charge in [0.15, 0.2) is 0 Å². The smallest absolute Gasteiger partial charge is 0.115 e. The summed E-state index contributed by atoms with van der Waals surface area (Å²) < 4.78 is 0. The molecule has 14 heavy (non-hydrogen) atoms. The molecule has 0 atom stereocenters. The maximum Gasteiger partial charge on any atom is 0.115 e. The maximum absolute atomic E-state index is 9.25. The molecule has 2 rings (SSSR count). The van der Waals surface area contributed by atoms with Gasteiger partial charge in [-0.1, -0.05) is 12.1 Å². The second kappa shape index (κ2) is 3.96. The fourth-order valence-electron chi connectivity index (χ4n) is 1.41. The van der Waals surface area contributed by atoms with Crippen LogP contribution in [0.1, 0.15) is 11.3 Å². The first-order valence-corrected chi connectivity index (χ1v) is 4.60. The summed E-state index contributed by atoms with van der Waals surface area (Å²) >= 11 is 0. The minimum Gasteiger partial charge on any atom is -0.508 e. The maximum atomic E-state index is 9.25. The van der Waals surface area contributed by atoms with E-state index in [4.69, 9.17) is 0 Å². The molecule has 1 aromatic heterocycles. The van der Waals surface area contributed by atoms with Crippen molar-refractivity contribution in [3.8, 4) is 5.75 Å². The number of imidazole rings is 1. The Labute approximate surface area is 82.4 Å². The topological polar surface area (TPSA) is 48.9 Å². The number of rotatable bonds is 3. The van der Waals surface area contributed by atoms with Crippen LogP contribution in [0, 0.1) is 0 Å². The monoisotopic (exact) mass is 188 g/mol. The Kier molecular flexibility index (Phi) is 2.49. The highest BCUT2D eigenvalue weighted by Crippen LogP contribution is 2.12. The highest BCUT2D eigenvalue weighted by Gasteiger charge is 1.97. The van der Waals surface area contributed by atoms with E-state index in [9.17, 15) is 5.11 Å². The highest BCUT2D eigenvalue weighted by molar-refractivity contribution is 5.27. The van der Waals surface area contributed by atoms with Gasteiger partial charge < -0.3 is 10.1 Å². The molecule has 0 amide bonds. The van der Waals surface area contributed by atoms with Crippen LogP contribution in [-0.4, -0.2) is 15.1 Å². The number of nitrogens with one attached hydrogen (secondary N) is 1. The number of aromatic amines is 1. The van der Waals surface area contributed by atoms with Crippen molar-refractivity contribution < 1.29 is 5.11 Å². The van der Waals surface area contributed by atoms with Crippen LogP contribution in [-0.2, 0) is 12.8 Å². The van der Waals surface area contributed by atoms with E-state index in [0.717, 1.165) is 24.1 Å². The fourth-order valence-corrected chi connectivity index (χ4v) is 1.41. The minimum atomic E-state index is 0.326. The molecule has 0 unspecified atom stereocenters. The first-order valence-electron chi connectivity index (χ1n) is 4.60. The number of nitrogens with zero attached hydrogens (tertiary/aromatic N) is 1. The molecule has 2 N–H and O–H groups in total. The van der Waals surface area contributed by atoms with Gasteiger partial charge in [0.05, 0.1) is 6.33 Å². The largest absolute Gasteiger partial charge is 0.508 e. The van der Waals surface area contributed by atoms with E-state index in [2.05, 4.69) is 9.97 Å². The molecule has 0 saturated carbocycles. The van der Waals surface area contributed by atoms with Gasteiger partial charge in [0.1, 0.15) is 5.75 Å². The van der Waals surface area contributed by atoms with Crippen molar-refractivity contribution in [2.24, 2.45) is 0 Å². The summed E-state index contributed by atoms with van der Waals surface area (Å²) in [6.07, 6.45) is 5.33. The van der Waals surface area contributed by atoms with E-state index < -0.39 is 0 Å². The summed E-state index contributed by atoms with van der Waals surface area (Å²) in [5.74, 6) is 0.326. The van der Waals surface area contributed by atoms with Gasteiger partial charge in [-0.2, -0.15) is 0 Å². The van der Waals surface area contributed by atoms with Crippen LogP contribution in [0.2, 0.25) is 0 Å². The number of H-pyrrole nitrogens is 1. The van der Waals surface area contributed by atoms with Gasteiger partial charge in [0, 0.05) is 11.9 Å². The fraction of sp³-hybridized carbons (Fsp3) is 0.182. The predicted octanol–water partition coefficient (Wildman–Crippen LogP) is 1.90. The van der Waals surface area contributed by atoms with Gasteiger partial charge in [0.2, 0.25) is 0 Å². The number of aromatic hydroxyl groups is 1. The molecule has 0 spiro atoms. The minimum absolute atomic E-state index is 0.326. The Morgan fingerprint density at radius 1 is 1.29 bits per heavy atom. The number of phenolic OH excluding ortho intramolecular Hbond substituents is 1. The summed E-state index contributed by atoms with van der Waals surface area (Å²) in [7, 11) is 0. The molecule has 0 radical (unpaired) electrons. The number of phenols is 1. The van der Waals surface area contributed by atoms with Crippen LogP contribution in [0.15, 0.2) is 36.8 Å². The Morgan fingerprint density at radius 3 is 2.93 bits per heavy atom. The Balaban J connectivity index is 1.98. The molecule has 0 aliphatic carbocycles. The molecule has 0 fully saturated rings. The lowest BCUT2D eigenvalue weighted by molar-refractivity contribution is 0.474. The number of aryl methyl sites for hydroxylation is 2. The number of benzene rings is 1. The van der Waals surface area contributed by atoms with Crippen LogP contribution in [0.3, 0.4) is 0 Å². The van der Waals surface area contributed by atoms with Crippen molar-refractivity contribution in [2.75, 3.05) is 0 Å². The summed E-state index contributed by atoms with van der Waals surface area (Å²) in [5.41, 5.74) is 2.26. The van der Waals surface area contributed by atoms with E-state index in [1.165, 1.54) is 0 Å². The summed E-state index contributed by atoms with van der Waals surface area (Å²) in [4.78, 5) is 7.00. The van der Waals surface area contributed by atoms with Gasteiger partial charge in [0.25, 0.3) is 0 Å². The summed E-state index contributed by atoms with van der Waals surface area (Å²) in [6, 6.07) is 7.34. The van der Waals surface area contributed by atoms with Crippen LogP contribution in [0.25, 0.3) is 0 Å². The lowest BCUT2D eigenvalue weighted by Gasteiger charge is -2.00. The standard InChI is InChI=1S/C11H12N2O/c14-11-3-1-2-9(6-11)4-5-10-7-12-8-13-10/h1-3,6-8,14H,4-5H2,(H,12,13).